The molecule has 0 saturated heterocycles. The fourth-order valence-electron chi connectivity index (χ4n) is 2.57. The number of methoxy groups -OCH3 is 1. The van der Waals surface area contributed by atoms with Crippen LogP contribution in [-0.2, 0) is 0 Å². The lowest BCUT2D eigenvalue weighted by atomic mass is 10.2. The lowest BCUT2D eigenvalue weighted by molar-refractivity contribution is 0.0947. The van der Waals surface area contributed by atoms with E-state index < -0.39 is 11.5 Å². The largest absolute Gasteiger partial charge is 0.493 e. The van der Waals surface area contributed by atoms with E-state index in [4.69, 9.17) is 9.47 Å². The molecule has 0 bridgehead atoms. The first-order chi connectivity index (χ1) is 14.4. The molecule has 0 unspecified atom stereocenters. The molecular formula is C19H21N7O4. The first-order valence-corrected chi connectivity index (χ1v) is 9.07. The number of carbonyl (C=O) groups is 1. The number of hydrazone groups is 1. The van der Waals surface area contributed by atoms with Gasteiger partial charge in [0.25, 0.3) is 17.4 Å². The van der Waals surface area contributed by atoms with Crippen LogP contribution in [0.15, 0.2) is 34.2 Å². The van der Waals surface area contributed by atoms with Crippen LogP contribution in [0, 0.1) is 13.8 Å². The SMILES string of the molecule is CCOc1cc(/C=N\NC(=O)c2cc(C)nn2-c2nnc(C)c(=O)[nH]2)ccc1OC. The van der Waals surface area contributed by atoms with Gasteiger partial charge < -0.3 is 9.47 Å². The standard InChI is InChI=1S/C19H21N7O4/c1-5-30-16-9-13(6-7-15(16)29-4)10-20-23-18(28)14-8-11(2)25-26(14)19-21-17(27)12(3)22-24-19/h6-10H,5H2,1-4H3,(H,23,28)(H,21,24,27)/b20-10-. The van der Waals surface area contributed by atoms with Gasteiger partial charge in [0.2, 0.25) is 0 Å². The van der Waals surface area contributed by atoms with Crippen LogP contribution in [0.5, 0.6) is 11.5 Å². The molecular weight excluding hydrogens is 390 g/mol. The summed E-state index contributed by atoms with van der Waals surface area (Å²) in [6, 6.07) is 6.82. The number of benzene rings is 1. The molecule has 2 N–H and O–H groups in total. The zero-order chi connectivity index (χ0) is 21.7. The normalized spacial score (nSPS) is 10.9. The van der Waals surface area contributed by atoms with Crippen molar-refractivity contribution in [1.29, 1.82) is 0 Å². The summed E-state index contributed by atoms with van der Waals surface area (Å²) in [5.74, 6) is 0.675. The highest BCUT2D eigenvalue weighted by Crippen LogP contribution is 2.27. The van der Waals surface area contributed by atoms with Gasteiger partial charge in [0.1, 0.15) is 11.4 Å². The minimum absolute atomic E-state index is 0.0318. The molecule has 30 heavy (non-hydrogen) atoms. The van der Waals surface area contributed by atoms with Crippen molar-refractivity contribution in [3.8, 4) is 17.4 Å². The van der Waals surface area contributed by atoms with Gasteiger partial charge in [-0.05, 0) is 50.6 Å². The number of hydrogen-bond donors (Lipinski definition) is 2. The average Bonchev–Trinajstić information content (AvgIpc) is 3.12. The smallest absolute Gasteiger partial charge is 0.290 e. The lowest BCUT2D eigenvalue weighted by Crippen LogP contribution is -2.24. The van der Waals surface area contributed by atoms with E-state index in [1.54, 1.807) is 38.3 Å². The topological polar surface area (TPSA) is 136 Å². The van der Waals surface area contributed by atoms with E-state index in [-0.39, 0.29) is 17.3 Å². The number of ether oxygens (including phenoxy) is 2. The van der Waals surface area contributed by atoms with Gasteiger partial charge in [0.05, 0.1) is 25.6 Å². The van der Waals surface area contributed by atoms with Crippen LogP contribution in [-0.4, -0.2) is 50.8 Å². The van der Waals surface area contributed by atoms with Crippen molar-refractivity contribution in [3.05, 3.63) is 57.3 Å². The second-order valence-electron chi connectivity index (χ2n) is 6.19. The Balaban J connectivity index is 1.79. The number of nitrogens with one attached hydrogen (secondary N) is 2. The summed E-state index contributed by atoms with van der Waals surface area (Å²) in [4.78, 5) is 26.9. The van der Waals surface area contributed by atoms with Gasteiger partial charge in [-0.3, -0.25) is 14.6 Å². The number of hydrogen-bond acceptors (Lipinski definition) is 8. The fourth-order valence-corrected chi connectivity index (χ4v) is 2.57. The number of nitrogens with zero attached hydrogens (tertiary/aromatic N) is 5. The Morgan fingerprint density at radius 1 is 1.27 bits per heavy atom. The van der Waals surface area contributed by atoms with Crippen molar-refractivity contribution >= 4 is 12.1 Å². The van der Waals surface area contributed by atoms with Crippen molar-refractivity contribution in [2.24, 2.45) is 5.10 Å². The van der Waals surface area contributed by atoms with E-state index in [1.165, 1.54) is 17.8 Å². The second-order valence-corrected chi connectivity index (χ2v) is 6.19. The Kier molecular flexibility index (Phi) is 6.20. The van der Waals surface area contributed by atoms with Gasteiger partial charge in [-0.15, -0.1) is 10.2 Å². The third-order valence-corrected chi connectivity index (χ3v) is 3.98. The predicted octanol–water partition coefficient (Wildman–Crippen LogP) is 1.14. The summed E-state index contributed by atoms with van der Waals surface area (Å²) in [6.07, 6.45) is 1.47. The number of rotatable bonds is 7. The molecule has 0 spiro atoms. The Labute approximate surface area is 171 Å². The van der Waals surface area contributed by atoms with Gasteiger partial charge in [-0.2, -0.15) is 14.9 Å². The summed E-state index contributed by atoms with van der Waals surface area (Å²) < 4.78 is 12.0. The molecule has 3 rings (SSSR count). The molecule has 11 nitrogen and oxygen atoms in total. The second kappa shape index (κ2) is 8.99. The number of amides is 1. The monoisotopic (exact) mass is 411 g/mol. The number of aromatic amines is 1. The Morgan fingerprint density at radius 2 is 2.07 bits per heavy atom. The number of aromatic nitrogens is 5. The molecule has 1 aromatic carbocycles. The Bertz CT molecular complexity index is 1150. The lowest BCUT2D eigenvalue weighted by Gasteiger charge is -2.09. The summed E-state index contributed by atoms with van der Waals surface area (Å²) in [6.45, 7) is 5.60. The maximum atomic E-state index is 12.6. The molecule has 0 fully saturated rings. The van der Waals surface area contributed by atoms with Crippen LogP contribution in [0.2, 0.25) is 0 Å². The van der Waals surface area contributed by atoms with Gasteiger partial charge in [-0.1, -0.05) is 0 Å². The van der Waals surface area contributed by atoms with Crippen molar-refractivity contribution in [2.75, 3.05) is 13.7 Å². The van der Waals surface area contributed by atoms with Gasteiger partial charge in [-0.25, -0.2) is 5.43 Å². The van der Waals surface area contributed by atoms with Crippen molar-refractivity contribution in [1.82, 2.24) is 30.4 Å². The molecule has 1 amide bonds. The maximum absolute atomic E-state index is 12.6. The molecule has 0 aliphatic carbocycles. The van der Waals surface area contributed by atoms with Gasteiger partial charge >= 0.3 is 0 Å². The molecule has 156 valence electrons. The number of carbonyl (C=O) groups excluding carboxylic acids is 1. The first-order valence-electron chi connectivity index (χ1n) is 9.07. The zero-order valence-corrected chi connectivity index (χ0v) is 17.0. The average molecular weight is 411 g/mol. The van der Waals surface area contributed by atoms with Crippen LogP contribution in [0.25, 0.3) is 5.95 Å². The van der Waals surface area contributed by atoms with Crippen LogP contribution in [0.3, 0.4) is 0 Å². The molecule has 0 aliphatic rings. The number of aryl methyl sites for hydroxylation is 2. The van der Waals surface area contributed by atoms with Crippen LogP contribution in [0.4, 0.5) is 0 Å². The van der Waals surface area contributed by atoms with Crippen molar-refractivity contribution in [3.63, 3.8) is 0 Å². The summed E-state index contributed by atoms with van der Waals surface area (Å²) in [7, 11) is 1.56. The number of H-pyrrole nitrogens is 1. The Hall–Kier alpha value is -4.02. The summed E-state index contributed by atoms with van der Waals surface area (Å²) in [5.41, 5.74) is 3.64. The predicted molar refractivity (Wildman–Crippen MR) is 108 cm³/mol. The van der Waals surface area contributed by atoms with Crippen molar-refractivity contribution in [2.45, 2.75) is 20.8 Å². The molecule has 2 heterocycles. The highest BCUT2D eigenvalue weighted by Gasteiger charge is 2.17. The van der Waals surface area contributed by atoms with E-state index >= 15 is 0 Å². The highest BCUT2D eigenvalue weighted by atomic mass is 16.5. The molecule has 3 aromatic rings. The molecule has 11 heteroatoms. The maximum Gasteiger partial charge on any atom is 0.290 e. The third kappa shape index (κ3) is 4.51. The molecule has 2 aromatic heterocycles. The molecule has 0 aliphatic heterocycles. The van der Waals surface area contributed by atoms with E-state index in [2.05, 4.69) is 30.8 Å². The van der Waals surface area contributed by atoms with Gasteiger partial charge in [0, 0.05) is 0 Å². The van der Waals surface area contributed by atoms with Crippen LogP contribution in [0.1, 0.15) is 34.4 Å². The van der Waals surface area contributed by atoms with Crippen LogP contribution < -0.4 is 20.5 Å². The quantitative estimate of drug-likeness (QED) is 0.439. The van der Waals surface area contributed by atoms with E-state index in [0.717, 1.165) is 0 Å². The minimum Gasteiger partial charge on any atom is -0.493 e. The first kappa shape index (κ1) is 20.7. The zero-order valence-electron chi connectivity index (χ0n) is 17.0. The summed E-state index contributed by atoms with van der Waals surface area (Å²) in [5, 5.41) is 15.8. The molecule has 0 atom stereocenters. The van der Waals surface area contributed by atoms with E-state index in [9.17, 15) is 9.59 Å². The summed E-state index contributed by atoms with van der Waals surface area (Å²) >= 11 is 0. The highest BCUT2D eigenvalue weighted by molar-refractivity contribution is 5.94. The Morgan fingerprint density at radius 3 is 2.77 bits per heavy atom. The van der Waals surface area contributed by atoms with E-state index in [1.807, 2.05) is 6.92 Å². The third-order valence-electron chi connectivity index (χ3n) is 3.98. The van der Waals surface area contributed by atoms with Crippen LogP contribution >= 0.6 is 0 Å². The van der Waals surface area contributed by atoms with Gasteiger partial charge in [0.15, 0.2) is 11.5 Å². The minimum atomic E-state index is -0.534. The molecule has 0 radical (unpaired) electrons. The van der Waals surface area contributed by atoms with Crippen molar-refractivity contribution < 1.29 is 14.3 Å². The van der Waals surface area contributed by atoms with E-state index in [0.29, 0.717) is 29.4 Å². The fraction of sp³-hybridized carbons (Fsp3) is 0.263. The molecule has 0 saturated carbocycles.